The molecule has 1 atom stereocenters. The van der Waals surface area contributed by atoms with Gasteiger partial charge in [0.05, 0.1) is 5.57 Å². The van der Waals surface area contributed by atoms with E-state index in [0.29, 0.717) is 5.13 Å². The lowest BCUT2D eigenvalue weighted by atomic mass is 9.99. The first kappa shape index (κ1) is 15.0. The van der Waals surface area contributed by atoms with Crippen LogP contribution in [0.25, 0.3) is 0 Å². The Hall–Kier alpha value is -1.58. The minimum atomic E-state index is -0.655. The van der Waals surface area contributed by atoms with Crippen LogP contribution in [0, 0.1) is 5.92 Å². The lowest BCUT2D eigenvalue weighted by Crippen LogP contribution is -2.30. The Labute approximate surface area is 147 Å². The number of thiophene rings is 1. The van der Waals surface area contributed by atoms with Crippen LogP contribution in [0.5, 0.6) is 0 Å². The number of aliphatic hydroxyl groups is 1. The summed E-state index contributed by atoms with van der Waals surface area (Å²) in [6, 6.07) is 1.20. The van der Waals surface area contributed by atoms with Crippen molar-refractivity contribution in [2.45, 2.75) is 18.9 Å². The number of hydrogen-bond acceptors (Lipinski definition) is 7. The summed E-state index contributed by atoms with van der Waals surface area (Å²) >= 11 is 6.08. The summed E-state index contributed by atoms with van der Waals surface area (Å²) < 4.78 is 0.797. The van der Waals surface area contributed by atoms with Crippen molar-refractivity contribution in [2.75, 3.05) is 4.90 Å². The van der Waals surface area contributed by atoms with Crippen molar-refractivity contribution in [3.8, 4) is 0 Å². The molecule has 1 aliphatic carbocycles. The minimum absolute atomic E-state index is 0.0874. The van der Waals surface area contributed by atoms with E-state index in [0.717, 1.165) is 22.2 Å². The van der Waals surface area contributed by atoms with Crippen molar-refractivity contribution in [2.24, 2.45) is 5.92 Å². The van der Waals surface area contributed by atoms with E-state index in [1.807, 2.05) is 11.4 Å². The van der Waals surface area contributed by atoms with E-state index < -0.39 is 17.7 Å². The van der Waals surface area contributed by atoms with Gasteiger partial charge in [-0.15, -0.1) is 21.5 Å². The van der Waals surface area contributed by atoms with Crippen molar-refractivity contribution >= 4 is 55.4 Å². The highest BCUT2D eigenvalue weighted by Gasteiger charge is 2.49. The highest BCUT2D eigenvalue weighted by molar-refractivity contribution is 9.10. The Bertz CT molecular complexity index is 826. The van der Waals surface area contributed by atoms with Crippen LogP contribution >= 0.6 is 38.6 Å². The molecule has 4 rings (SSSR count). The maximum Gasteiger partial charge on any atom is 0.296 e. The van der Waals surface area contributed by atoms with E-state index >= 15 is 0 Å². The second-order valence-corrected chi connectivity index (χ2v) is 7.95. The van der Waals surface area contributed by atoms with Crippen LogP contribution in [0.1, 0.15) is 23.8 Å². The normalized spacial score (nSPS) is 21.3. The number of rotatable bonds is 4. The number of anilines is 1. The van der Waals surface area contributed by atoms with Crippen molar-refractivity contribution < 1.29 is 14.7 Å². The molecule has 3 heterocycles. The van der Waals surface area contributed by atoms with Gasteiger partial charge in [0.2, 0.25) is 5.13 Å². The zero-order chi connectivity index (χ0) is 16.1. The predicted molar refractivity (Wildman–Crippen MR) is 89.5 cm³/mol. The molecule has 0 saturated heterocycles. The van der Waals surface area contributed by atoms with Gasteiger partial charge in [-0.05, 0) is 40.2 Å². The molecule has 2 aliphatic rings. The molecule has 1 N–H and O–H groups in total. The molecule has 1 saturated carbocycles. The van der Waals surface area contributed by atoms with E-state index in [2.05, 4.69) is 26.1 Å². The van der Waals surface area contributed by atoms with Crippen LogP contribution in [0.4, 0.5) is 5.13 Å². The van der Waals surface area contributed by atoms with Crippen LogP contribution in [-0.4, -0.2) is 27.0 Å². The van der Waals surface area contributed by atoms with Gasteiger partial charge in [0.15, 0.2) is 11.5 Å². The number of carbonyl (C=O) groups excluding carboxylic acids is 2. The summed E-state index contributed by atoms with van der Waals surface area (Å²) in [4.78, 5) is 27.4. The van der Waals surface area contributed by atoms with Crippen molar-refractivity contribution in [3.63, 3.8) is 0 Å². The minimum Gasteiger partial charge on any atom is -0.503 e. The van der Waals surface area contributed by atoms with Gasteiger partial charge in [0.1, 0.15) is 11.6 Å². The van der Waals surface area contributed by atoms with Crippen LogP contribution in [-0.2, 0) is 9.59 Å². The number of amides is 1. The third-order valence-corrected chi connectivity index (χ3v) is 6.48. The third kappa shape index (κ3) is 2.34. The number of aromatic nitrogens is 2. The lowest BCUT2D eigenvalue weighted by Gasteiger charge is -2.23. The molecule has 1 fully saturated rings. The Morgan fingerprint density at radius 1 is 1.39 bits per heavy atom. The molecule has 1 amide bonds. The second-order valence-electron chi connectivity index (χ2n) is 5.33. The summed E-state index contributed by atoms with van der Waals surface area (Å²) in [7, 11) is 0. The Balaban J connectivity index is 1.87. The molecule has 2 aromatic heterocycles. The fraction of sp³-hybridized carbons (Fsp3) is 0.286. The monoisotopic (exact) mass is 411 g/mol. The van der Waals surface area contributed by atoms with E-state index in [1.54, 1.807) is 0 Å². The molecular weight excluding hydrogens is 402 g/mol. The summed E-state index contributed by atoms with van der Waals surface area (Å²) in [5.41, 5.74) is 1.69. The van der Waals surface area contributed by atoms with E-state index in [9.17, 15) is 14.7 Å². The fourth-order valence-corrected chi connectivity index (χ4v) is 4.91. The molecule has 9 heteroatoms. The van der Waals surface area contributed by atoms with Gasteiger partial charge in [-0.2, -0.15) is 0 Å². The first-order chi connectivity index (χ1) is 11.1. The number of nitrogens with zero attached hydrogens (tertiary/aromatic N) is 3. The van der Waals surface area contributed by atoms with Gasteiger partial charge in [0.25, 0.3) is 5.91 Å². The zero-order valence-corrected chi connectivity index (χ0v) is 14.8. The number of carbonyl (C=O) groups is 2. The van der Waals surface area contributed by atoms with Gasteiger partial charge in [-0.1, -0.05) is 11.3 Å². The number of Topliss-reactive ketones (excluding diaryl/α,β-unsaturated/α-hetero) is 1. The molecule has 118 valence electrons. The number of aliphatic hydroxyl groups excluding tert-OH is 1. The van der Waals surface area contributed by atoms with Crippen LogP contribution in [0.3, 0.4) is 0 Å². The van der Waals surface area contributed by atoms with E-state index in [-0.39, 0.29) is 17.3 Å². The standard InChI is InChI=1S/C14H10BrN3O3S2/c15-7-3-4-22-12(7)9-8(10(19)6-1-2-6)11(20)13(21)18(9)14-17-16-5-23-14/h3-6,9,20H,1-2H2. The van der Waals surface area contributed by atoms with Crippen LogP contribution < -0.4 is 4.90 Å². The molecule has 1 unspecified atom stereocenters. The van der Waals surface area contributed by atoms with Crippen LogP contribution in [0.15, 0.2) is 32.8 Å². The molecule has 0 aromatic carbocycles. The molecule has 0 bridgehead atoms. The summed E-state index contributed by atoms with van der Waals surface area (Å²) in [6.07, 6.45) is 1.61. The smallest absolute Gasteiger partial charge is 0.296 e. The molecule has 23 heavy (non-hydrogen) atoms. The third-order valence-electron chi connectivity index (χ3n) is 3.87. The van der Waals surface area contributed by atoms with Crippen LogP contribution in [0.2, 0.25) is 0 Å². The van der Waals surface area contributed by atoms with Gasteiger partial charge in [-0.3, -0.25) is 14.5 Å². The largest absolute Gasteiger partial charge is 0.503 e. The Morgan fingerprint density at radius 2 is 2.17 bits per heavy atom. The molecule has 1 aliphatic heterocycles. The van der Waals surface area contributed by atoms with E-state index in [4.69, 9.17) is 0 Å². The quantitative estimate of drug-likeness (QED) is 0.834. The summed E-state index contributed by atoms with van der Waals surface area (Å²) in [6.45, 7) is 0. The second kappa shape index (κ2) is 5.50. The summed E-state index contributed by atoms with van der Waals surface area (Å²) in [5, 5.41) is 20.3. The molecule has 6 nitrogen and oxygen atoms in total. The first-order valence-electron chi connectivity index (χ1n) is 6.89. The highest BCUT2D eigenvalue weighted by Crippen LogP contribution is 2.48. The van der Waals surface area contributed by atoms with Gasteiger partial charge in [-0.25, -0.2) is 0 Å². The Kier molecular flexibility index (Phi) is 3.58. The molecule has 2 aromatic rings. The number of halogens is 1. The summed E-state index contributed by atoms with van der Waals surface area (Å²) in [5.74, 6) is -1.30. The lowest BCUT2D eigenvalue weighted by molar-refractivity contribution is -0.118. The average Bonchev–Trinajstić information content (AvgIpc) is 2.98. The molecule has 0 spiro atoms. The molecular formula is C14H10BrN3O3S2. The highest BCUT2D eigenvalue weighted by atomic mass is 79.9. The van der Waals surface area contributed by atoms with Gasteiger partial charge >= 0.3 is 0 Å². The zero-order valence-electron chi connectivity index (χ0n) is 11.6. The first-order valence-corrected chi connectivity index (χ1v) is 9.44. The van der Waals surface area contributed by atoms with Crippen molar-refractivity contribution in [3.05, 3.63) is 37.6 Å². The maximum atomic E-state index is 12.7. The number of hydrogen-bond donors (Lipinski definition) is 1. The van der Waals surface area contributed by atoms with Crippen molar-refractivity contribution in [1.82, 2.24) is 10.2 Å². The maximum absolute atomic E-state index is 12.7. The predicted octanol–water partition coefficient (Wildman–Crippen LogP) is 3.24. The fourth-order valence-electron chi connectivity index (χ4n) is 2.64. The SMILES string of the molecule is O=C(C1=C(O)C(=O)N(c2nncs2)C1c1sccc1Br)C1CC1. The molecule has 0 radical (unpaired) electrons. The van der Waals surface area contributed by atoms with Gasteiger partial charge in [0, 0.05) is 15.3 Å². The van der Waals surface area contributed by atoms with Gasteiger partial charge < -0.3 is 5.11 Å². The van der Waals surface area contributed by atoms with E-state index in [1.165, 1.54) is 33.1 Å². The average molecular weight is 412 g/mol. The number of ketones is 1. The van der Waals surface area contributed by atoms with Crippen molar-refractivity contribution in [1.29, 1.82) is 0 Å². The Morgan fingerprint density at radius 3 is 2.74 bits per heavy atom. The topological polar surface area (TPSA) is 83.4 Å².